The Morgan fingerprint density at radius 1 is 0.833 bits per heavy atom. The van der Waals surface area contributed by atoms with Gasteiger partial charge in [-0.05, 0) is 53.6 Å². The quantitative estimate of drug-likeness (QED) is 0.283. The van der Waals surface area contributed by atoms with E-state index >= 15 is 0 Å². The summed E-state index contributed by atoms with van der Waals surface area (Å²) >= 11 is 1.52. The summed E-state index contributed by atoms with van der Waals surface area (Å²) < 4.78 is 28.4. The number of benzene rings is 3. The van der Waals surface area contributed by atoms with E-state index in [4.69, 9.17) is 23.7 Å². The number of nitrogens with zero attached hydrogens (tertiary/aromatic N) is 1. The molecule has 0 radical (unpaired) electrons. The van der Waals surface area contributed by atoms with Gasteiger partial charge in [-0.1, -0.05) is 18.2 Å². The molecule has 0 aliphatic carbocycles. The molecule has 4 rings (SSSR count). The summed E-state index contributed by atoms with van der Waals surface area (Å²) in [5.74, 6) is 2.37. The van der Waals surface area contributed by atoms with E-state index in [9.17, 15) is 4.79 Å². The van der Waals surface area contributed by atoms with Gasteiger partial charge in [0.1, 0.15) is 0 Å². The topological polar surface area (TPSA) is 88.1 Å². The second kappa shape index (κ2) is 11.5. The minimum absolute atomic E-state index is 0.170. The maximum absolute atomic E-state index is 12.5. The molecule has 1 amide bonds. The summed E-state index contributed by atoms with van der Waals surface area (Å²) in [7, 11) is 6.27. The fourth-order valence-electron chi connectivity index (χ4n) is 3.57. The number of methoxy groups -OCH3 is 4. The third-order valence-corrected chi connectivity index (χ3v) is 6.11. The average molecular weight is 507 g/mol. The van der Waals surface area contributed by atoms with Crippen LogP contribution in [0, 0.1) is 0 Å². The molecular formula is C27H26N2O6S. The summed E-state index contributed by atoms with van der Waals surface area (Å²) in [5.41, 5.74) is 5.08. The van der Waals surface area contributed by atoms with Gasteiger partial charge in [-0.3, -0.25) is 4.79 Å². The van der Waals surface area contributed by atoms with Gasteiger partial charge in [-0.15, -0.1) is 11.3 Å². The van der Waals surface area contributed by atoms with E-state index in [1.54, 1.807) is 40.0 Å². The molecule has 1 aromatic heterocycles. The number of fused-ring (bicyclic) bond motifs is 1. The van der Waals surface area contributed by atoms with E-state index in [-0.39, 0.29) is 12.5 Å². The van der Waals surface area contributed by atoms with Crippen molar-refractivity contribution in [3.05, 3.63) is 65.2 Å². The van der Waals surface area contributed by atoms with Crippen molar-refractivity contribution < 1.29 is 28.5 Å². The maximum atomic E-state index is 12.5. The van der Waals surface area contributed by atoms with Crippen LogP contribution in [-0.4, -0.2) is 45.9 Å². The molecule has 0 unspecified atom stereocenters. The molecule has 0 saturated carbocycles. The highest BCUT2D eigenvalue weighted by Crippen LogP contribution is 2.38. The molecule has 0 spiro atoms. The summed E-state index contributed by atoms with van der Waals surface area (Å²) in [5, 5.41) is 2.85. The fraction of sp³-hybridized carbons (Fsp3) is 0.185. The van der Waals surface area contributed by atoms with Crippen molar-refractivity contribution in [3.63, 3.8) is 0 Å². The SMILES string of the molecule is COc1ccc(/C=C\c2cc(OC)c(OC)c(OC)c2)cc1OCC(=O)Nc1ccc2ncsc2c1. The van der Waals surface area contributed by atoms with Crippen LogP contribution in [0.1, 0.15) is 11.1 Å². The molecule has 1 heterocycles. The van der Waals surface area contributed by atoms with Crippen LogP contribution in [0.5, 0.6) is 28.7 Å². The lowest BCUT2D eigenvalue weighted by atomic mass is 10.1. The Kier molecular flexibility index (Phi) is 7.92. The monoisotopic (exact) mass is 506 g/mol. The van der Waals surface area contributed by atoms with Gasteiger partial charge in [-0.2, -0.15) is 0 Å². The molecule has 0 saturated heterocycles. The standard InChI is InChI=1S/C27H26N2O6S/c1-31-21-10-7-17(5-6-18-12-23(32-2)27(34-4)24(13-18)33-3)11-22(21)35-15-26(30)29-19-8-9-20-25(14-19)36-16-28-20/h5-14,16H,15H2,1-4H3,(H,29,30)/b6-5-. The fourth-order valence-corrected chi connectivity index (χ4v) is 4.29. The molecule has 0 bridgehead atoms. The van der Waals surface area contributed by atoms with Crippen molar-refractivity contribution in [1.82, 2.24) is 4.98 Å². The molecule has 0 atom stereocenters. The number of hydrogen-bond donors (Lipinski definition) is 1. The average Bonchev–Trinajstić information content (AvgIpc) is 3.38. The van der Waals surface area contributed by atoms with Gasteiger partial charge in [0.05, 0.1) is 44.2 Å². The van der Waals surface area contributed by atoms with Gasteiger partial charge in [0.15, 0.2) is 29.6 Å². The number of carbonyl (C=O) groups excluding carboxylic acids is 1. The second-order valence-corrected chi connectivity index (χ2v) is 8.46. The molecule has 4 aromatic rings. The number of anilines is 1. The number of aromatic nitrogens is 1. The van der Waals surface area contributed by atoms with Gasteiger partial charge < -0.3 is 29.0 Å². The molecule has 36 heavy (non-hydrogen) atoms. The van der Waals surface area contributed by atoms with E-state index in [1.165, 1.54) is 11.3 Å². The first-order valence-corrected chi connectivity index (χ1v) is 11.8. The molecule has 186 valence electrons. The zero-order valence-corrected chi connectivity index (χ0v) is 21.2. The first-order chi connectivity index (χ1) is 17.5. The number of amides is 1. The van der Waals surface area contributed by atoms with Crippen LogP contribution in [0.15, 0.2) is 54.0 Å². The highest BCUT2D eigenvalue weighted by Gasteiger charge is 2.13. The summed E-state index contributed by atoms with van der Waals surface area (Å²) in [6.45, 7) is -0.170. The van der Waals surface area contributed by atoms with E-state index in [1.807, 2.05) is 54.6 Å². The minimum Gasteiger partial charge on any atom is -0.493 e. The molecule has 0 fully saturated rings. The Morgan fingerprint density at radius 2 is 1.53 bits per heavy atom. The lowest BCUT2D eigenvalue weighted by Gasteiger charge is -2.13. The van der Waals surface area contributed by atoms with Gasteiger partial charge in [0, 0.05) is 5.69 Å². The number of rotatable bonds is 10. The van der Waals surface area contributed by atoms with Crippen LogP contribution < -0.4 is 29.0 Å². The number of ether oxygens (including phenoxy) is 5. The molecule has 1 N–H and O–H groups in total. The largest absolute Gasteiger partial charge is 0.493 e. The third kappa shape index (κ3) is 5.69. The summed E-state index contributed by atoms with van der Waals surface area (Å²) in [6.07, 6.45) is 3.83. The molecule has 9 heteroatoms. The first kappa shape index (κ1) is 24.9. The smallest absolute Gasteiger partial charge is 0.262 e. The van der Waals surface area contributed by atoms with E-state index in [0.29, 0.717) is 34.4 Å². The normalized spacial score (nSPS) is 10.9. The maximum Gasteiger partial charge on any atom is 0.262 e. The molecular weight excluding hydrogens is 480 g/mol. The van der Waals surface area contributed by atoms with Gasteiger partial charge in [-0.25, -0.2) is 4.98 Å². The van der Waals surface area contributed by atoms with Crippen molar-refractivity contribution >= 4 is 45.3 Å². The van der Waals surface area contributed by atoms with E-state index in [2.05, 4.69) is 10.3 Å². The van der Waals surface area contributed by atoms with Gasteiger partial charge in [0.2, 0.25) is 5.75 Å². The minimum atomic E-state index is -0.278. The predicted molar refractivity (Wildman–Crippen MR) is 142 cm³/mol. The van der Waals surface area contributed by atoms with Crippen molar-refractivity contribution in [2.45, 2.75) is 0 Å². The lowest BCUT2D eigenvalue weighted by Crippen LogP contribution is -2.20. The first-order valence-electron chi connectivity index (χ1n) is 11.0. The van der Waals surface area contributed by atoms with Crippen molar-refractivity contribution in [1.29, 1.82) is 0 Å². The van der Waals surface area contributed by atoms with Crippen LogP contribution in [0.25, 0.3) is 22.4 Å². The number of nitrogens with one attached hydrogen (secondary N) is 1. The number of thiazole rings is 1. The second-order valence-electron chi connectivity index (χ2n) is 7.57. The van der Waals surface area contributed by atoms with Gasteiger partial charge in [0.25, 0.3) is 5.91 Å². The van der Waals surface area contributed by atoms with Crippen LogP contribution >= 0.6 is 11.3 Å². The van der Waals surface area contributed by atoms with E-state index < -0.39 is 0 Å². The highest BCUT2D eigenvalue weighted by atomic mass is 32.1. The Bertz CT molecular complexity index is 1370. The predicted octanol–water partition coefficient (Wildman–Crippen LogP) is 5.52. The van der Waals surface area contributed by atoms with Crippen LogP contribution in [0.2, 0.25) is 0 Å². The highest BCUT2D eigenvalue weighted by molar-refractivity contribution is 7.16. The third-order valence-electron chi connectivity index (χ3n) is 5.32. The molecule has 0 aliphatic rings. The summed E-state index contributed by atoms with van der Waals surface area (Å²) in [6, 6.07) is 14.8. The summed E-state index contributed by atoms with van der Waals surface area (Å²) in [4.78, 5) is 16.7. The van der Waals surface area contributed by atoms with E-state index in [0.717, 1.165) is 21.3 Å². The van der Waals surface area contributed by atoms with Gasteiger partial charge >= 0.3 is 0 Å². The molecule has 8 nitrogen and oxygen atoms in total. The lowest BCUT2D eigenvalue weighted by molar-refractivity contribution is -0.118. The van der Waals surface area contributed by atoms with Crippen LogP contribution in [0.4, 0.5) is 5.69 Å². The number of hydrogen-bond acceptors (Lipinski definition) is 8. The van der Waals surface area contributed by atoms with Crippen LogP contribution in [-0.2, 0) is 4.79 Å². The Labute approximate surface area is 213 Å². The molecule has 0 aliphatic heterocycles. The molecule has 3 aromatic carbocycles. The van der Waals surface area contributed by atoms with Crippen molar-refractivity contribution in [3.8, 4) is 28.7 Å². The van der Waals surface area contributed by atoms with Crippen LogP contribution in [0.3, 0.4) is 0 Å². The Balaban J connectivity index is 1.46. The van der Waals surface area contributed by atoms with Crippen molar-refractivity contribution in [2.75, 3.05) is 40.4 Å². The van der Waals surface area contributed by atoms with Crippen molar-refractivity contribution in [2.24, 2.45) is 0 Å². The Morgan fingerprint density at radius 3 is 2.22 bits per heavy atom. The Hall–Kier alpha value is -4.24. The zero-order chi connectivity index (χ0) is 25.5. The number of carbonyl (C=O) groups is 1. The zero-order valence-electron chi connectivity index (χ0n) is 20.4.